The van der Waals surface area contributed by atoms with Crippen LogP contribution < -0.4 is 5.32 Å². The number of hydrogen-bond donors (Lipinski definition) is 1. The van der Waals surface area contributed by atoms with E-state index in [1.807, 2.05) is 38.2 Å². The number of fused-ring (bicyclic) bond motifs is 1. The van der Waals surface area contributed by atoms with E-state index in [0.717, 1.165) is 11.3 Å². The molecular formula is C19H18ClN7O. The first-order valence-corrected chi connectivity index (χ1v) is 9.15. The molecule has 1 atom stereocenters. The van der Waals surface area contributed by atoms with E-state index in [0.29, 0.717) is 28.7 Å². The van der Waals surface area contributed by atoms with Gasteiger partial charge in [0.15, 0.2) is 0 Å². The molecule has 3 heterocycles. The standard InChI is InChI=1S/C19H18ClN7O/c1-12-7-8-26(25-12)10-13(2)23-18(28)17-9-16(14-3-5-15(20)6-4-14)24-19-21-11-22-27(17)19/h3-9,11,13H,10H2,1-2H3,(H,23,28). The fourth-order valence-corrected chi connectivity index (χ4v) is 3.06. The zero-order valence-corrected chi connectivity index (χ0v) is 16.1. The minimum absolute atomic E-state index is 0.127. The Morgan fingerprint density at radius 3 is 2.75 bits per heavy atom. The average Bonchev–Trinajstić information content (AvgIpc) is 3.30. The van der Waals surface area contributed by atoms with Gasteiger partial charge >= 0.3 is 0 Å². The Kier molecular flexibility index (Phi) is 4.79. The highest BCUT2D eigenvalue weighted by atomic mass is 35.5. The van der Waals surface area contributed by atoms with Gasteiger partial charge in [-0.1, -0.05) is 23.7 Å². The lowest BCUT2D eigenvalue weighted by Crippen LogP contribution is -2.37. The Labute approximate surface area is 166 Å². The van der Waals surface area contributed by atoms with Crippen LogP contribution in [0, 0.1) is 6.92 Å². The molecule has 0 radical (unpaired) electrons. The van der Waals surface area contributed by atoms with Crippen LogP contribution in [-0.4, -0.2) is 41.3 Å². The number of nitrogens with one attached hydrogen (secondary N) is 1. The van der Waals surface area contributed by atoms with Gasteiger partial charge in [-0.2, -0.15) is 19.7 Å². The predicted octanol–water partition coefficient (Wildman–Crippen LogP) is 2.77. The maximum atomic E-state index is 12.9. The van der Waals surface area contributed by atoms with E-state index in [-0.39, 0.29) is 11.9 Å². The van der Waals surface area contributed by atoms with Crippen LogP contribution in [0.1, 0.15) is 23.1 Å². The molecule has 1 amide bonds. The van der Waals surface area contributed by atoms with Crippen LogP contribution in [0.15, 0.2) is 48.9 Å². The van der Waals surface area contributed by atoms with Crippen molar-refractivity contribution >= 4 is 23.3 Å². The number of halogens is 1. The molecule has 0 aliphatic heterocycles. The number of carbonyl (C=O) groups is 1. The van der Waals surface area contributed by atoms with Crippen LogP contribution in [0.25, 0.3) is 17.0 Å². The molecule has 0 saturated heterocycles. The quantitative estimate of drug-likeness (QED) is 0.561. The fraction of sp³-hybridized carbons (Fsp3) is 0.211. The van der Waals surface area contributed by atoms with Gasteiger partial charge in [0.05, 0.1) is 17.9 Å². The topological polar surface area (TPSA) is 90.0 Å². The van der Waals surface area contributed by atoms with Gasteiger partial charge in [-0.15, -0.1) is 0 Å². The van der Waals surface area contributed by atoms with Gasteiger partial charge in [0.2, 0.25) is 0 Å². The highest BCUT2D eigenvalue weighted by molar-refractivity contribution is 6.30. The third-order valence-corrected chi connectivity index (χ3v) is 4.49. The lowest BCUT2D eigenvalue weighted by Gasteiger charge is -2.15. The van der Waals surface area contributed by atoms with Crippen LogP contribution in [0.3, 0.4) is 0 Å². The molecule has 0 aliphatic rings. The summed E-state index contributed by atoms with van der Waals surface area (Å²) < 4.78 is 3.23. The predicted molar refractivity (Wildman–Crippen MR) is 105 cm³/mol. The molecule has 3 aromatic heterocycles. The van der Waals surface area contributed by atoms with Crippen molar-refractivity contribution in [1.82, 2.24) is 34.7 Å². The number of carbonyl (C=O) groups excluding carboxylic acids is 1. The van der Waals surface area contributed by atoms with E-state index in [1.165, 1.54) is 10.8 Å². The summed E-state index contributed by atoms with van der Waals surface area (Å²) in [4.78, 5) is 21.5. The normalized spacial score (nSPS) is 12.2. The van der Waals surface area contributed by atoms with E-state index in [1.54, 1.807) is 22.9 Å². The summed E-state index contributed by atoms with van der Waals surface area (Å²) in [7, 11) is 0. The second-order valence-electron chi connectivity index (χ2n) is 6.56. The number of amides is 1. The second kappa shape index (κ2) is 7.40. The summed E-state index contributed by atoms with van der Waals surface area (Å²) >= 11 is 5.97. The van der Waals surface area contributed by atoms with Crippen LogP contribution in [0.4, 0.5) is 0 Å². The summed E-state index contributed by atoms with van der Waals surface area (Å²) in [6, 6.07) is 10.8. The Morgan fingerprint density at radius 2 is 2.04 bits per heavy atom. The van der Waals surface area contributed by atoms with Gasteiger partial charge in [0, 0.05) is 22.8 Å². The lowest BCUT2D eigenvalue weighted by atomic mass is 10.1. The van der Waals surface area contributed by atoms with Crippen LogP contribution in [-0.2, 0) is 6.54 Å². The van der Waals surface area contributed by atoms with Crippen molar-refractivity contribution in [1.29, 1.82) is 0 Å². The van der Waals surface area contributed by atoms with Gasteiger partial charge in [0.1, 0.15) is 12.0 Å². The first-order valence-electron chi connectivity index (χ1n) is 8.77. The Balaban J connectivity index is 1.62. The van der Waals surface area contributed by atoms with Gasteiger partial charge in [-0.25, -0.2) is 4.98 Å². The minimum atomic E-state index is -0.260. The maximum Gasteiger partial charge on any atom is 0.270 e. The molecule has 1 aromatic carbocycles. The van der Waals surface area contributed by atoms with Crippen molar-refractivity contribution in [3.05, 3.63) is 65.3 Å². The largest absolute Gasteiger partial charge is 0.346 e. The van der Waals surface area contributed by atoms with Crippen molar-refractivity contribution < 1.29 is 4.79 Å². The highest BCUT2D eigenvalue weighted by Gasteiger charge is 2.17. The Hall–Kier alpha value is -3.26. The third kappa shape index (κ3) is 3.72. The zero-order valence-electron chi connectivity index (χ0n) is 15.4. The first kappa shape index (κ1) is 18.1. The summed E-state index contributed by atoms with van der Waals surface area (Å²) in [5.74, 6) is 0.0949. The molecule has 8 nitrogen and oxygen atoms in total. The van der Waals surface area contributed by atoms with E-state index in [2.05, 4.69) is 25.5 Å². The van der Waals surface area contributed by atoms with E-state index in [4.69, 9.17) is 11.6 Å². The minimum Gasteiger partial charge on any atom is -0.346 e. The zero-order chi connectivity index (χ0) is 19.7. The van der Waals surface area contributed by atoms with Crippen LogP contribution >= 0.6 is 11.6 Å². The van der Waals surface area contributed by atoms with Crippen molar-refractivity contribution in [3.63, 3.8) is 0 Å². The fourth-order valence-electron chi connectivity index (χ4n) is 2.93. The van der Waals surface area contributed by atoms with Crippen LogP contribution in [0.5, 0.6) is 0 Å². The first-order chi connectivity index (χ1) is 13.5. The monoisotopic (exact) mass is 395 g/mol. The molecule has 9 heteroatoms. The number of hydrogen-bond acceptors (Lipinski definition) is 5. The second-order valence-corrected chi connectivity index (χ2v) is 7.00. The van der Waals surface area contributed by atoms with Crippen molar-refractivity contribution in [2.75, 3.05) is 0 Å². The number of aryl methyl sites for hydroxylation is 1. The number of aromatic nitrogens is 6. The number of nitrogens with zero attached hydrogens (tertiary/aromatic N) is 6. The van der Waals surface area contributed by atoms with Crippen LogP contribution in [0.2, 0.25) is 5.02 Å². The summed E-state index contributed by atoms with van der Waals surface area (Å²) in [5.41, 5.74) is 2.75. The number of rotatable bonds is 5. The maximum absolute atomic E-state index is 12.9. The molecule has 4 rings (SSSR count). The molecule has 142 valence electrons. The summed E-state index contributed by atoms with van der Waals surface area (Å²) in [5, 5.41) is 12.1. The van der Waals surface area contributed by atoms with E-state index in [9.17, 15) is 4.79 Å². The van der Waals surface area contributed by atoms with Gasteiger partial charge in [0.25, 0.3) is 11.7 Å². The SMILES string of the molecule is Cc1ccn(CC(C)NC(=O)c2cc(-c3ccc(Cl)cc3)nc3ncnn23)n1. The molecule has 0 bridgehead atoms. The molecule has 0 fully saturated rings. The third-order valence-electron chi connectivity index (χ3n) is 4.24. The van der Waals surface area contributed by atoms with Gasteiger partial charge in [-0.3, -0.25) is 9.48 Å². The average molecular weight is 396 g/mol. The molecule has 0 aliphatic carbocycles. The molecular weight excluding hydrogens is 378 g/mol. The smallest absolute Gasteiger partial charge is 0.270 e. The van der Waals surface area contributed by atoms with E-state index >= 15 is 0 Å². The Morgan fingerprint density at radius 1 is 1.25 bits per heavy atom. The van der Waals surface area contributed by atoms with Crippen molar-refractivity contribution in [2.45, 2.75) is 26.4 Å². The van der Waals surface area contributed by atoms with Crippen molar-refractivity contribution in [3.8, 4) is 11.3 Å². The molecule has 1 N–H and O–H groups in total. The molecule has 0 saturated carbocycles. The molecule has 4 aromatic rings. The summed E-state index contributed by atoms with van der Waals surface area (Å²) in [6.45, 7) is 4.42. The van der Waals surface area contributed by atoms with Gasteiger partial charge in [-0.05, 0) is 38.1 Å². The number of benzene rings is 1. The van der Waals surface area contributed by atoms with Gasteiger partial charge < -0.3 is 5.32 Å². The van der Waals surface area contributed by atoms with Crippen molar-refractivity contribution in [2.24, 2.45) is 0 Å². The molecule has 28 heavy (non-hydrogen) atoms. The molecule has 1 unspecified atom stereocenters. The van der Waals surface area contributed by atoms with E-state index < -0.39 is 0 Å². The lowest BCUT2D eigenvalue weighted by molar-refractivity contribution is 0.0928. The molecule has 0 spiro atoms. The highest BCUT2D eigenvalue weighted by Crippen LogP contribution is 2.21. The summed E-state index contributed by atoms with van der Waals surface area (Å²) in [6.07, 6.45) is 3.26. The Bertz CT molecular complexity index is 1130.